The Bertz CT molecular complexity index is 349. The lowest BCUT2D eigenvalue weighted by molar-refractivity contribution is 0.0496. The molecule has 0 aromatic heterocycles. The first-order chi connectivity index (χ1) is 11.2. The summed E-state index contributed by atoms with van der Waals surface area (Å²) in [5, 5.41) is 7.42. The zero-order valence-electron chi connectivity index (χ0n) is 14.6. The molecule has 3 rings (SSSR count). The summed E-state index contributed by atoms with van der Waals surface area (Å²) in [7, 11) is 0. The highest BCUT2D eigenvalue weighted by Gasteiger charge is 2.37. The Morgan fingerprint density at radius 2 is 1.39 bits per heavy atom. The van der Waals surface area contributed by atoms with Crippen LogP contribution in [0.15, 0.2) is 0 Å². The molecule has 2 aliphatic carbocycles. The van der Waals surface area contributed by atoms with Gasteiger partial charge < -0.3 is 10.6 Å². The van der Waals surface area contributed by atoms with Crippen LogP contribution in [-0.4, -0.2) is 31.6 Å². The number of alkyl halides is 2. The van der Waals surface area contributed by atoms with Crippen LogP contribution in [0.5, 0.6) is 0 Å². The second kappa shape index (κ2) is 8.24. The quantitative estimate of drug-likeness (QED) is 0.808. The predicted molar refractivity (Wildman–Crippen MR) is 90.8 cm³/mol. The molecule has 0 spiro atoms. The summed E-state index contributed by atoms with van der Waals surface area (Å²) in [6, 6.07) is 0. The molecule has 2 nitrogen and oxygen atoms in total. The largest absolute Gasteiger partial charge is 0.301 e. The molecule has 2 N–H and O–H groups in total. The van der Waals surface area contributed by atoms with E-state index in [1.165, 1.54) is 38.5 Å². The molecule has 0 aromatic carbocycles. The second-order valence-electron chi connectivity index (χ2n) is 8.23. The lowest BCUT2D eigenvalue weighted by Crippen LogP contribution is -2.56. The van der Waals surface area contributed by atoms with Crippen molar-refractivity contribution in [2.45, 2.75) is 83.2 Å². The van der Waals surface area contributed by atoms with Gasteiger partial charge in [-0.3, -0.25) is 0 Å². The highest BCUT2D eigenvalue weighted by molar-refractivity contribution is 4.89. The van der Waals surface area contributed by atoms with E-state index < -0.39 is 12.3 Å². The molecule has 134 valence electrons. The van der Waals surface area contributed by atoms with Gasteiger partial charge in [0.25, 0.3) is 0 Å². The van der Waals surface area contributed by atoms with Crippen LogP contribution < -0.4 is 10.6 Å². The molecule has 3 fully saturated rings. The van der Waals surface area contributed by atoms with Gasteiger partial charge in [-0.2, -0.15) is 0 Å². The first-order valence-electron chi connectivity index (χ1n) is 9.92. The molecule has 1 aliphatic heterocycles. The third-order valence-corrected chi connectivity index (χ3v) is 6.64. The van der Waals surface area contributed by atoms with Crippen molar-refractivity contribution in [3.05, 3.63) is 0 Å². The van der Waals surface area contributed by atoms with E-state index in [0.717, 1.165) is 25.4 Å². The normalized spacial score (nSPS) is 45.8. The first-order valence-corrected chi connectivity index (χ1v) is 9.92. The monoisotopic (exact) mass is 328 g/mol. The van der Waals surface area contributed by atoms with Crippen molar-refractivity contribution >= 4 is 0 Å². The van der Waals surface area contributed by atoms with Gasteiger partial charge in [-0.25, -0.2) is 8.78 Å². The first kappa shape index (κ1) is 17.6. The molecular formula is C19H34F2N2. The average molecular weight is 328 g/mol. The number of halogens is 2. The minimum Gasteiger partial charge on any atom is -0.301 e. The fraction of sp³-hybridized carbons (Fsp3) is 1.00. The molecule has 4 heteroatoms. The van der Waals surface area contributed by atoms with E-state index in [4.69, 9.17) is 0 Å². The Hall–Kier alpha value is -0.220. The van der Waals surface area contributed by atoms with Crippen molar-refractivity contribution in [2.24, 2.45) is 23.7 Å². The second-order valence-corrected chi connectivity index (χ2v) is 8.23. The molecule has 2 saturated carbocycles. The lowest BCUT2D eigenvalue weighted by atomic mass is 9.69. The van der Waals surface area contributed by atoms with Gasteiger partial charge in [-0.15, -0.1) is 0 Å². The molecule has 1 saturated heterocycles. The van der Waals surface area contributed by atoms with Gasteiger partial charge in [0, 0.05) is 13.1 Å². The lowest BCUT2D eigenvalue weighted by Gasteiger charge is -2.42. The van der Waals surface area contributed by atoms with Crippen LogP contribution in [0, 0.1) is 23.7 Å². The molecule has 0 bridgehead atoms. The maximum atomic E-state index is 13.7. The van der Waals surface area contributed by atoms with Gasteiger partial charge in [0.1, 0.15) is 12.3 Å². The van der Waals surface area contributed by atoms with E-state index in [9.17, 15) is 8.78 Å². The molecule has 1 heterocycles. The van der Waals surface area contributed by atoms with Crippen LogP contribution in [-0.2, 0) is 0 Å². The number of nitrogens with one attached hydrogen (secondary N) is 2. The summed E-state index contributed by atoms with van der Waals surface area (Å²) >= 11 is 0. The van der Waals surface area contributed by atoms with Crippen LogP contribution in [0.3, 0.4) is 0 Å². The van der Waals surface area contributed by atoms with E-state index in [2.05, 4.69) is 17.6 Å². The highest BCUT2D eigenvalue weighted by Crippen LogP contribution is 2.42. The topological polar surface area (TPSA) is 24.1 Å². The Kier molecular flexibility index (Phi) is 6.31. The van der Waals surface area contributed by atoms with Gasteiger partial charge in [-0.1, -0.05) is 13.3 Å². The van der Waals surface area contributed by atoms with E-state index in [1.54, 1.807) is 0 Å². The Morgan fingerprint density at radius 1 is 0.783 bits per heavy atom. The van der Waals surface area contributed by atoms with Crippen molar-refractivity contribution in [1.29, 1.82) is 0 Å². The maximum Gasteiger partial charge on any atom is 0.131 e. The molecule has 3 unspecified atom stereocenters. The predicted octanol–water partition coefficient (Wildman–Crippen LogP) is 4.20. The van der Waals surface area contributed by atoms with Gasteiger partial charge in [0.05, 0.1) is 6.17 Å². The maximum absolute atomic E-state index is 13.7. The fourth-order valence-corrected chi connectivity index (χ4v) is 5.16. The summed E-state index contributed by atoms with van der Waals surface area (Å²) in [5.74, 6) is 2.56. The van der Waals surface area contributed by atoms with E-state index in [-0.39, 0.29) is 0 Å². The van der Waals surface area contributed by atoms with Gasteiger partial charge >= 0.3 is 0 Å². The minimum absolute atomic E-state index is 0.430. The average Bonchev–Trinajstić information content (AvgIpc) is 2.59. The van der Waals surface area contributed by atoms with Crippen molar-refractivity contribution in [3.8, 4) is 0 Å². The molecular weight excluding hydrogens is 294 g/mol. The summed E-state index contributed by atoms with van der Waals surface area (Å²) in [6.07, 6.45) is 7.33. The molecule has 0 aromatic rings. The van der Waals surface area contributed by atoms with Crippen molar-refractivity contribution < 1.29 is 8.78 Å². The standard InChI is InChI=1S/C19H34F2N2/c1-2-3-13-11-22-19(23-12-13)15-6-4-14(5-7-15)16-8-9-17(20)18(21)10-16/h13-19,22-23H,2-12H2,1H3. The Labute approximate surface area is 140 Å². The van der Waals surface area contributed by atoms with Crippen molar-refractivity contribution in [3.63, 3.8) is 0 Å². The Morgan fingerprint density at radius 3 is 2.00 bits per heavy atom. The highest BCUT2D eigenvalue weighted by atomic mass is 19.2. The fourth-order valence-electron chi connectivity index (χ4n) is 5.16. The molecule has 0 amide bonds. The SMILES string of the molecule is CCCC1CNC(C2CCC(C3CCC(F)C(F)C3)CC2)NC1. The smallest absolute Gasteiger partial charge is 0.131 e. The third-order valence-electron chi connectivity index (χ3n) is 6.64. The van der Waals surface area contributed by atoms with Crippen LogP contribution in [0.25, 0.3) is 0 Å². The van der Waals surface area contributed by atoms with Crippen LogP contribution in [0.2, 0.25) is 0 Å². The third kappa shape index (κ3) is 4.45. The van der Waals surface area contributed by atoms with Crippen molar-refractivity contribution in [2.75, 3.05) is 13.1 Å². The Balaban J connectivity index is 1.41. The van der Waals surface area contributed by atoms with Gasteiger partial charge in [0.15, 0.2) is 0 Å². The van der Waals surface area contributed by atoms with E-state index >= 15 is 0 Å². The minimum atomic E-state index is -1.20. The van der Waals surface area contributed by atoms with E-state index in [0.29, 0.717) is 36.8 Å². The summed E-state index contributed by atoms with van der Waals surface area (Å²) < 4.78 is 27.0. The van der Waals surface area contributed by atoms with Crippen molar-refractivity contribution in [1.82, 2.24) is 10.6 Å². The molecule has 3 aliphatic rings. The zero-order valence-corrected chi connectivity index (χ0v) is 14.6. The number of hydrogen-bond acceptors (Lipinski definition) is 2. The number of rotatable bonds is 4. The van der Waals surface area contributed by atoms with Crippen LogP contribution in [0.1, 0.15) is 64.7 Å². The summed E-state index contributed by atoms with van der Waals surface area (Å²) in [5.41, 5.74) is 0. The zero-order chi connectivity index (χ0) is 16.2. The van der Waals surface area contributed by atoms with Gasteiger partial charge in [-0.05, 0) is 75.0 Å². The van der Waals surface area contributed by atoms with E-state index in [1.807, 2.05) is 0 Å². The molecule has 23 heavy (non-hydrogen) atoms. The molecule has 0 radical (unpaired) electrons. The summed E-state index contributed by atoms with van der Waals surface area (Å²) in [6.45, 7) is 4.55. The van der Waals surface area contributed by atoms with Crippen LogP contribution in [0.4, 0.5) is 8.78 Å². The van der Waals surface area contributed by atoms with Crippen LogP contribution >= 0.6 is 0 Å². The molecule has 3 atom stereocenters. The van der Waals surface area contributed by atoms with Gasteiger partial charge in [0.2, 0.25) is 0 Å². The number of hydrogen-bond donors (Lipinski definition) is 2. The summed E-state index contributed by atoms with van der Waals surface area (Å²) in [4.78, 5) is 0.